The monoisotopic (exact) mass is 435 g/mol. The first-order valence-electron chi connectivity index (χ1n) is 11.5. The molecule has 33 heavy (non-hydrogen) atoms. The van der Waals surface area contributed by atoms with Gasteiger partial charge in [0.2, 0.25) is 0 Å². The maximum absolute atomic E-state index is 13.8. The molecule has 0 spiro atoms. The van der Waals surface area contributed by atoms with Gasteiger partial charge in [0.25, 0.3) is 0 Å². The summed E-state index contributed by atoms with van der Waals surface area (Å²) in [6.45, 7) is 6.83. The van der Waals surface area contributed by atoms with E-state index < -0.39 is 0 Å². The fraction of sp³-hybridized carbons (Fsp3) is 0.207. The Morgan fingerprint density at radius 3 is 2.48 bits per heavy atom. The zero-order valence-corrected chi connectivity index (χ0v) is 19.4. The Hall–Kier alpha value is -3.79. The smallest absolute Gasteiger partial charge is 0.318 e. The lowest BCUT2D eigenvalue weighted by Gasteiger charge is -2.31. The fourth-order valence-corrected chi connectivity index (χ4v) is 4.64. The Morgan fingerprint density at radius 2 is 1.73 bits per heavy atom. The van der Waals surface area contributed by atoms with Gasteiger partial charge in [-0.15, -0.1) is 0 Å². The molecule has 1 aliphatic rings. The lowest BCUT2D eigenvalue weighted by Crippen LogP contribution is -2.38. The first-order chi connectivity index (χ1) is 16.0. The highest BCUT2D eigenvalue weighted by Gasteiger charge is 2.33. The van der Waals surface area contributed by atoms with E-state index in [2.05, 4.69) is 97.5 Å². The van der Waals surface area contributed by atoms with Gasteiger partial charge in [-0.2, -0.15) is 0 Å². The van der Waals surface area contributed by atoms with Gasteiger partial charge >= 0.3 is 6.03 Å². The number of aryl methyl sites for hydroxylation is 3. The van der Waals surface area contributed by atoms with Gasteiger partial charge in [-0.1, -0.05) is 55.5 Å². The predicted molar refractivity (Wildman–Crippen MR) is 134 cm³/mol. The number of carbonyl (C=O) groups is 1. The van der Waals surface area contributed by atoms with E-state index in [1.807, 2.05) is 23.1 Å². The quantitative estimate of drug-likeness (QED) is 0.378. The maximum atomic E-state index is 13.8. The van der Waals surface area contributed by atoms with Crippen LogP contribution in [0.2, 0.25) is 0 Å². The molecule has 1 aliphatic heterocycles. The van der Waals surface area contributed by atoms with Gasteiger partial charge in [0, 0.05) is 17.6 Å². The minimum Gasteiger partial charge on any atom is -0.318 e. The molecule has 3 aromatic carbocycles. The van der Waals surface area contributed by atoms with Crippen LogP contribution in [0.25, 0.3) is 5.69 Å². The highest BCUT2D eigenvalue weighted by molar-refractivity contribution is 5.90. The van der Waals surface area contributed by atoms with Gasteiger partial charge in [0.15, 0.2) is 0 Å². The molecule has 1 atom stereocenters. The van der Waals surface area contributed by atoms with E-state index in [-0.39, 0.29) is 12.1 Å². The van der Waals surface area contributed by atoms with Crippen molar-refractivity contribution in [2.45, 2.75) is 39.8 Å². The molecular formula is C29H29N3O. The molecule has 4 aromatic rings. The summed E-state index contributed by atoms with van der Waals surface area (Å²) in [6, 6.07) is 26.9. The van der Waals surface area contributed by atoms with Crippen LogP contribution in [0.15, 0.2) is 85.1 Å². The molecule has 1 aromatic heterocycles. The Morgan fingerprint density at radius 1 is 0.939 bits per heavy atom. The van der Waals surface area contributed by atoms with Crippen LogP contribution in [0.4, 0.5) is 10.5 Å². The van der Waals surface area contributed by atoms with Crippen molar-refractivity contribution in [2.24, 2.45) is 0 Å². The van der Waals surface area contributed by atoms with E-state index in [4.69, 9.17) is 0 Å². The zero-order chi connectivity index (χ0) is 22.9. The molecule has 4 heteroatoms. The van der Waals surface area contributed by atoms with Crippen molar-refractivity contribution >= 4 is 11.7 Å². The molecule has 0 radical (unpaired) electrons. The number of nitrogens with zero attached hydrogens (tertiary/aromatic N) is 2. The molecule has 0 aliphatic carbocycles. The SMILES string of the molecule is CCc1ccc([C@H]2c3cccn3-c3ccccc3CN2C(=O)Nc2ccc(C)c(C)c2)cc1. The summed E-state index contributed by atoms with van der Waals surface area (Å²) < 4.78 is 2.22. The Bertz CT molecular complexity index is 1300. The number of aromatic nitrogens is 1. The summed E-state index contributed by atoms with van der Waals surface area (Å²) in [7, 11) is 0. The van der Waals surface area contributed by atoms with Gasteiger partial charge < -0.3 is 14.8 Å². The lowest BCUT2D eigenvalue weighted by atomic mass is 10.00. The molecule has 1 N–H and O–H groups in total. The van der Waals surface area contributed by atoms with E-state index >= 15 is 0 Å². The molecule has 4 nitrogen and oxygen atoms in total. The van der Waals surface area contributed by atoms with Crippen molar-refractivity contribution in [1.29, 1.82) is 0 Å². The third kappa shape index (κ3) is 3.93. The van der Waals surface area contributed by atoms with Crippen LogP contribution < -0.4 is 5.32 Å². The average Bonchev–Trinajstić information content (AvgIpc) is 3.26. The van der Waals surface area contributed by atoms with Crippen molar-refractivity contribution in [3.8, 4) is 5.69 Å². The second-order valence-corrected chi connectivity index (χ2v) is 8.79. The third-order valence-electron chi connectivity index (χ3n) is 6.69. The normalized spacial score (nSPS) is 14.9. The Balaban J connectivity index is 1.61. The molecule has 2 heterocycles. The van der Waals surface area contributed by atoms with Gasteiger partial charge in [-0.3, -0.25) is 0 Å². The van der Waals surface area contributed by atoms with Crippen LogP contribution >= 0.6 is 0 Å². The van der Waals surface area contributed by atoms with Crippen LogP contribution in [0.1, 0.15) is 46.5 Å². The molecule has 2 amide bonds. The number of carbonyl (C=O) groups excluding carboxylic acids is 1. The minimum absolute atomic E-state index is 0.104. The number of para-hydroxylation sites is 1. The number of rotatable bonds is 3. The van der Waals surface area contributed by atoms with E-state index in [1.54, 1.807) is 0 Å². The van der Waals surface area contributed by atoms with Crippen molar-refractivity contribution in [2.75, 3.05) is 5.32 Å². The number of urea groups is 1. The largest absolute Gasteiger partial charge is 0.322 e. The summed E-state index contributed by atoms with van der Waals surface area (Å²) in [5.74, 6) is 0. The zero-order valence-electron chi connectivity index (χ0n) is 19.4. The summed E-state index contributed by atoms with van der Waals surface area (Å²) in [5, 5.41) is 3.16. The molecular weight excluding hydrogens is 406 g/mol. The van der Waals surface area contributed by atoms with Crippen LogP contribution in [0.3, 0.4) is 0 Å². The van der Waals surface area contributed by atoms with E-state index in [0.717, 1.165) is 40.2 Å². The molecule has 0 bridgehead atoms. The number of amides is 2. The van der Waals surface area contributed by atoms with Crippen molar-refractivity contribution in [3.63, 3.8) is 0 Å². The molecule has 0 saturated heterocycles. The van der Waals surface area contributed by atoms with Crippen LogP contribution in [0.5, 0.6) is 0 Å². The summed E-state index contributed by atoms with van der Waals surface area (Å²) in [4.78, 5) is 15.7. The predicted octanol–water partition coefficient (Wildman–Crippen LogP) is 6.79. The van der Waals surface area contributed by atoms with Crippen LogP contribution in [-0.2, 0) is 13.0 Å². The maximum Gasteiger partial charge on any atom is 0.322 e. The number of fused-ring (bicyclic) bond motifs is 3. The van der Waals surface area contributed by atoms with Crippen LogP contribution in [0, 0.1) is 13.8 Å². The van der Waals surface area contributed by atoms with Gasteiger partial charge in [-0.25, -0.2) is 4.79 Å². The molecule has 0 saturated carbocycles. The topological polar surface area (TPSA) is 37.3 Å². The molecule has 0 unspecified atom stereocenters. The number of nitrogens with one attached hydrogen (secondary N) is 1. The summed E-state index contributed by atoms with van der Waals surface area (Å²) in [6.07, 6.45) is 3.08. The van der Waals surface area contributed by atoms with E-state index in [0.29, 0.717) is 6.54 Å². The van der Waals surface area contributed by atoms with Crippen LogP contribution in [-0.4, -0.2) is 15.5 Å². The first-order valence-corrected chi connectivity index (χ1v) is 11.5. The number of benzene rings is 3. The van der Waals surface area contributed by atoms with Gasteiger partial charge in [-0.05, 0) is 78.4 Å². The average molecular weight is 436 g/mol. The highest BCUT2D eigenvalue weighted by atomic mass is 16.2. The highest BCUT2D eigenvalue weighted by Crippen LogP contribution is 2.37. The second-order valence-electron chi connectivity index (χ2n) is 8.79. The standard InChI is InChI=1S/C29H29N3O/c1-4-22-12-14-23(15-13-22)28-27-10-7-17-31(27)26-9-6-5-8-24(26)19-32(28)29(33)30-25-16-11-20(2)21(3)18-25/h5-18,28H,4,19H2,1-3H3,(H,30,33)/t28-/m0/s1. The minimum atomic E-state index is -0.204. The summed E-state index contributed by atoms with van der Waals surface area (Å²) >= 11 is 0. The third-order valence-corrected chi connectivity index (χ3v) is 6.69. The Kier molecular flexibility index (Phi) is 5.51. The number of hydrogen-bond donors (Lipinski definition) is 1. The van der Waals surface area contributed by atoms with Gasteiger partial charge in [0.05, 0.1) is 18.3 Å². The fourth-order valence-electron chi connectivity index (χ4n) is 4.64. The Labute approximate surface area is 195 Å². The van der Waals surface area contributed by atoms with E-state index in [9.17, 15) is 4.79 Å². The molecule has 0 fully saturated rings. The lowest BCUT2D eigenvalue weighted by molar-refractivity contribution is 0.194. The first kappa shape index (κ1) is 21.1. The second kappa shape index (κ2) is 8.62. The van der Waals surface area contributed by atoms with Crippen molar-refractivity contribution < 1.29 is 4.79 Å². The number of anilines is 1. The van der Waals surface area contributed by atoms with E-state index in [1.165, 1.54) is 11.1 Å². The molecule has 166 valence electrons. The van der Waals surface area contributed by atoms with Gasteiger partial charge in [0.1, 0.15) is 0 Å². The summed E-state index contributed by atoms with van der Waals surface area (Å²) in [5.41, 5.74) is 8.91. The van der Waals surface area contributed by atoms with Crippen molar-refractivity contribution in [1.82, 2.24) is 9.47 Å². The van der Waals surface area contributed by atoms with Crippen molar-refractivity contribution in [3.05, 3.63) is 119 Å². The number of hydrogen-bond acceptors (Lipinski definition) is 1. The molecule has 5 rings (SSSR count).